The highest BCUT2D eigenvalue weighted by Gasteiger charge is 2.21. The van der Waals surface area contributed by atoms with E-state index in [2.05, 4.69) is 15.2 Å². The highest BCUT2D eigenvalue weighted by Crippen LogP contribution is 2.28. The van der Waals surface area contributed by atoms with Crippen LogP contribution in [0.2, 0.25) is 5.02 Å². The van der Waals surface area contributed by atoms with E-state index in [4.69, 9.17) is 22.1 Å². The van der Waals surface area contributed by atoms with Gasteiger partial charge in [0.1, 0.15) is 0 Å². The van der Waals surface area contributed by atoms with E-state index in [0.29, 0.717) is 16.3 Å². The molecule has 1 aromatic carbocycles. The van der Waals surface area contributed by atoms with Crippen molar-refractivity contribution < 1.29 is 9.53 Å². The summed E-state index contributed by atoms with van der Waals surface area (Å²) in [7, 11) is 1.30. The second kappa shape index (κ2) is 5.27. The third kappa shape index (κ3) is 2.15. The van der Waals surface area contributed by atoms with Crippen LogP contribution in [0, 0.1) is 6.92 Å². The van der Waals surface area contributed by atoms with Crippen LogP contribution in [0.25, 0.3) is 17.0 Å². The fourth-order valence-corrected chi connectivity index (χ4v) is 2.41. The summed E-state index contributed by atoms with van der Waals surface area (Å²) in [5.74, 6) is -0.128. The van der Waals surface area contributed by atoms with Crippen molar-refractivity contribution in [3.63, 3.8) is 0 Å². The average Bonchev–Trinajstić information content (AvgIpc) is 2.88. The lowest BCUT2D eigenvalue weighted by molar-refractivity contribution is 0.0593. The number of hydrogen-bond donors (Lipinski definition) is 1. The maximum Gasteiger partial charge on any atom is 0.357 e. The van der Waals surface area contributed by atoms with Crippen LogP contribution in [0.15, 0.2) is 24.3 Å². The number of nitrogen functional groups attached to an aromatic ring is 1. The van der Waals surface area contributed by atoms with E-state index in [1.165, 1.54) is 7.11 Å². The quantitative estimate of drug-likeness (QED) is 0.727. The normalized spacial score (nSPS) is 10.9. The van der Waals surface area contributed by atoms with E-state index < -0.39 is 5.97 Å². The largest absolute Gasteiger partial charge is 0.464 e. The average molecular weight is 318 g/mol. The van der Waals surface area contributed by atoms with Crippen molar-refractivity contribution in [2.24, 2.45) is 0 Å². The fraction of sp³-hybridized carbons (Fsp3) is 0.143. The number of esters is 1. The van der Waals surface area contributed by atoms with Crippen molar-refractivity contribution in [1.29, 1.82) is 0 Å². The summed E-state index contributed by atoms with van der Waals surface area (Å²) in [6.45, 7) is 1.77. The predicted octanol–water partition coefficient (Wildman–Crippen LogP) is 2.12. The van der Waals surface area contributed by atoms with Crippen LogP contribution in [-0.2, 0) is 4.74 Å². The molecule has 2 N–H and O–H groups in total. The third-order valence-corrected chi connectivity index (χ3v) is 3.57. The lowest BCUT2D eigenvalue weighted by atomic mass is 10.1. The van der Waals surface area contributed by atoms with Crippen molar-refractivity contribution >= 4 is 29.3 Å². The van der Waals surface area contributed by atoms with Gasteiger partial charge in [-0.1, -0.05) is 23.7 Å². The molecule has 0 fully saturated rings. The van der Waals surface area contributed by atoms with Gasteiger partial charge in [-0.2, -0.15) is 0 Å². The molecule has 22 heavy (non-hydrogen) atoms. The van der Waals surface area contributed by atoms with Crippen LogP contribution in [0.4, 0.5) is 5.95 Å². The smallest absolute Gasteiger partial charge is 0.357 e. The highest BCUT2D eigenvalue weighted by atomic mass is 35.5. The molecule has 8 heteroatoms. The molecule has 2 aromatic heterocycles. The second-order valence-corrected chi connectivity index (χ2v) is 5.06. The number of rotatable bonds is 2. The van der Waals surface area contributed by atoms with E-state index in [-0.39, 0.29) is 17.4 Å². The molecule has 0 radical (unpaired) electrons. The summed E-state index contributed by atoms with van der Waals surface area (Å²) < 4.78 is 6.36. The predicted molar refractivity (Wildman–Crippen MR) is 81.7 cm³/mol. The molecule has 0 bridgehead atoms. The number of nitrogens with zero attached hydrogens (tertiary/aromatic N) is 4. The van der Waals surface area contributed by atoms with E-state index in [9.17, 15) is 4.79 Å². The molecule has 0 atom stereocenters. The highest BCUT2D eigenvalue weighted by molar-refractivity contribution is 6.30. The molecular formula is C14H12ClN5O2. The number of ether oxygens (including phenoxy) is 1. The number of methoxy groups -OCH3 is 1. The fourth-order valence-electron chi connectivity index (χ4n) is 2.29. The summed E-state index contributed by atoms with van der Waals surface area (Å²) >= 11 is 5.93. The van der Waals surface area contributed by atoms with Gasteiger partial charge in [-0.05, 0) is 24.6 Å². The Morgan fingerprint density at radius 2 is 1.95 bits per heavy atom. The zero-order valence-electron chi connectivity index (χ0n) is 11.9. The van der Waals surface area contributed by atoms with Gasteiger partial charge in [-0.3, -0.25) is 0 Å². The lowest BCUT2D eigenvalue weighted by Gasteiger charge is -2.12. The first-order valence-electron chi connectivity index (χ1n) is 6.38. The van der Waals surface area contributed by atoms with Crippen LogP contribution in [0.5, 0.6) is 0 Å². The molecule has 0 aliphatic carbocycles. The van der Waals surface area contributed by atoms with Crippen LogP contribution in [-0.4, -0.2) is 32.7 Å². The van der Waals surface area contributed by atoms with Crippen LogP contribution < -0.4 is 5.73 Å². The molecule has 0 aliphatic heterocycles. The van der Waals surface area contributed by atoms with Gasteiger partial charge in [-0.15, -0.1) is 10.2 Å². The molecule has 112 valence electrons. The van der Waals surface area contributed by atoms with Gasteiger partial charge in [0.2, 0.25) is 5.95 Å². The van der Waals surface area contributed by atoms with Crippen molar-refractivity contribution in [3.8, 4) is 11.3 Å². The maximum absolute atomic E-state index is 11.9. The van der Waals surface area contributed by atoms with Crippen molar-refractivity contribution in [1.82, 2.24) is 19.6 Å². The molecule has 0 amide bonds. The molecule has 7 nitrogen and oxygen atoms in total. The Labute approximate surface area is 130 Å². The molecule has 0 saturated heterocycles. The standard InChI is InChI=1S/C14H12ClN5O2/c1-7-10(12(21)22-2)17-14-19-18-13(16)20(14)11(7)8-3-5-9(15)6-4-8/h3-6H,1-2H3,(H2,16,18). The molecular weight excluding hydrogens is 306 g/mol. The number of aromatic nitrogens is 4. The number of anilines is 1. The first-order chi connectivity index (χ1) is 10.5. The first-order valence-corrected chi connectivity index (χ1v) is 6.76. The van der Waals surface area contributed by atoms with Gasteiger partial charge < -0.3 is 10.5 Å². The number of nitrogens with two attached hydrogens (primary N) is 1. The number of carbonyl (C=O) groups is 1. The summed E-state index contributed by atoms with van der Waals surface area (Å²) in [6, 6.07) is 7.15. The summed E-state index contributed by atoms with van der Waals surface area (Å²) in [6.07, 6.45) is 0. The molecule has 0 saturated carbocycles. The van der Waals surface area contributed by atoms with Crippen molar-refractivity contribution in [2.75, 3.05) is 12.8 Å². The minimum absolute atomic E-state index is 0.173. The minimum Gasteiger partial charge on any atom is -0.464 e. The number of halogens is 1. The number of hydrogen-bond acceptors (Lipinski definition) is 6. The number of benzene rings is 1. The Balaban J connectivity index is 2.39. The number of carbonyl (C=O) groups excluding carboxylic acids is 1. The van der Waals surface area contributed by atoms with E-state index in [1.807, 2.05) is 12.1 Å². The molecule has 0 aliphatic rings. The summed E-state index contributed by atoms with van der Waals surface area (Å²) in [5, 5.41) is 8.31. The Bertz CT molecular complexity index is 873. The second-order valence-electron chi connectivity index (χ2n) is 4.63. The van der Waals surface area contributed by atoms with Gasteiger partial charge in [0.15, 0.2) is 5.69 Å². The van der Waals surface area contributed by atoms with Crippen molar-refractivity contribution in [2.45, 2.75) is 6.92 Å². The first kappa shape index (κ1) is 14.3. The van der Waals surface area contributed by atoms with Gasteiger partial charge in [0.05, 0.1) is 12.8 Å². The van der Waals surface area contributed by atoms with E-state index >= 15 is 0 Å². The van der Waals surface area contributed by atoms with Crippen LogP contribution in [0.3, 0.4) is 0 Å². The van der Waals surface area contributed by atoms with E-state index in [0.717, 1.165) is 5.56 Å². The Morgan fingerprint density at radius 3 is 2.59 bits per heavy atom. The Kier molecular flexibility index (Phi) is 3.42. The SMILES string of the molecule is COC(=O)c1nc2nnc(N)n2c(-c2ccc(Cl)cc2)c1C. The molecule has 0 unspecified atom stereocenters. The topological polar surface area (TPSA) is 95.4 Å². The monoisotopic (exact) mass is 317 g/mol. The van der Waals surface area contributed by atoms with Crippen LogP contribution in [0.1, 0.15) is 16.1 Å². The zero-order chi connectivity index (χ0) is 15.9. The molecule has 0 spiro atoms. The third-order valence-electron chi connectivity index (χ3n) is 3.31. The van der Waals surface area contributed by atoms with E-state index in [1.54, 1.807) is 23.5 Å². The molecule has 3 rings (SSSR count). The van der Waals surface area contributed by atoms with Gasteiger partial charge >= 0.3 is 5.97 Å². The molecule has 2 heterocycles. The lowest BCUT2D eigenvalue weighted by Crippen LogP contribution is -2.12. The maximum atomic E-state index is 11.9. The van der Waals surface area contributed by atoms with Gasteiger partial charge in [-0.25, -0.2) is 14.2 Å². The zero-order valence-corrected chi connectivity index (χ0v) is 12.6. The summed E-state index contributed by atoms with van der Waals surface area (Å²) in [5.41, 5.74) is 8.15. The van der Waals surface area contributed by atoms with Crippen molar-refractivity contribution in [3.05, 3.63) is 40.5 Å². The summed E-state index contributed by atoms with van der Waals surface area (Å²) in [4.78, 5) is 16.1. The Hall–Kier alpha value is -2.67. The molecule has 3 aromatic rings. The van der Waals surface area contributed by atoms with Crippen LogP contribution >= 0.6 is 11.6 Å². The van der Waals surface area contributed by atoms with Gasteiger partial charge in [0.25, 0.3) is 5.78 Å². The Morgan fingerprint density at radius 1 is 1.27 bits per heavy atom. The minimum atomic E-state index is -0.545. The number of fused-ring (bicyclic) bond motifs is 1. The van der Waals surface area contributed by atoms with Gasteiger partial charge in [0, 0.05) is 10.6 Å².